The van der Waals surface area contributed by atoms with Crippen molar-refractivity contribution < 1.29 is 39.7 Å². The fraction of sp³-hybridized carbons (Fsp3) is 1.00. The highest BCUT2D eigenvalue weighted by atomic mass is 16.7. The fourth-order valence-corrected chi connectivity index (χ4v) is 2.15. The van der Waals surface area contributed by atoms with Crippen LogP contribution in [0.4, 0.5) is 0 Å². The second-order valence-corrected chi connectivity index (χ2v) is 5.43. The standard InChI is InChI=1S/C7H14O5.C6H12O3/c1-3-4(8)5(9)6(10)7(11-2)12-3;1-4-2-5(7)6(8)3-9-4/h3-10H,1-2H3;4-8H,2-3H2,1H3/t3?,4-,5?,6?,7+;/m1./s1. The quantitative estimate of drug-likeness (QED) is 0.375. The van der Waals surface area contributed by atoms with E-state index in [2.05, 4.69) is 0 Å². The average Bonchev–Trinajstić information content (AvgIpc) is 2.45. The predicted octanol–water partition coefficient (Wildman–Crippen LogP) is -2.02. The van der Waals surface area contributed by atoms with Crippen molar-refractivity contribution >= 4 is 0 Å². The summed E-state index contributed by atoms with van der Waals surface area (Å²) in [5.41, 5.74) is 0. The van der Waals surface area contributed by atoms with Gasteiger partial charge < -0.3 is 39.7 Å². The number of rotatable bonds is 1. The van der Waals surface area contributed by atoms with E-state index in [-0.39, 0.29) is 12.7 Å². The summed E-state index contributed by atoms with van der Waals surface area (Å²) in [5.74, 6) is 0. The maximum Gasteiger partial charge on any atom is 0.186 e. The van der Waals surface area contributed by atoms with Crippen LogP contribution in [0, 0.1) is 0 Å². The third kappa shape index (κ3) is 5.11. The van der Waals surface area contributed by atoms with Crippen LogP contribution in [0.15, 0.2) is 0 Å². The minimum absolute atomic E-state index is 0.0865. The lowest BCUT2D eigenvalue weighted by atomic mass is 10.0. The first kappa shape index (κ1) is 18.7. The molecule has 0 radical (unpaired) electrons. The number of hydrogen-bond acceptors (Lipinski definition) is 8. The Labute approximate surface area is 123 Å². The lowest BCUT2D eigenvalue weighted by Crippen LogP contribution is -2.57. The van der Waals surface area contributed by atoms with Crippen molar-refractivity contribution in [2.45, 2.75) is 69.3 Å². The molecule has 2 aliphatic rings. The highest BCUT2D eigenvalue weighted by Crippen LogP contribution is 2.20. The molecule has 2 heterocycles. The zero-order chi connectivity index (χ0) is 16.2. The van der Waals surface area contributed by atoms with Crippen LogP contribution in [0.3, 0.4) is 0 Å². The van der Waals surface area contributed by atoms with Gasteiger partial charge in [-0.3, -0.25) is 0 Å². The van der Waals surface area contributed by atoms with Gasteiger partial charge in [-0.1, -0.05) is 0 Å². The van der Waals surface area contributed by atoms with Crippen molar-refractivity contribution in [3.8, 4) is 0 Å². The van der Waals surface area contributed by atoms with Gasteiger partial charge in [0.15, 0.2) is 6.29 Å². The van der Waals surface area contributed by atoms with E-state index >= 15 is 0 Å². The van der Waals surface area contributed by atoms with Crippen LogP contribution in [-0.4, -0.2) is 88.3 Å². The zero-order valence-corrected chi connectivity index (χ0v) is 12.5. The van der Waals surface area contributed by atoms with Gasteiger partial charge in [0.25, 0.3) is 0 Å². The summed E-state index contributed by atoms with van der Waals surface area (Å²) in [6.07, 6.45) is -5.50. The van der Waals surface area contributed by atoms with Gasteiger partial charge in [0.2, 0.25) is 0 Å². The summed E-state index contributed by atoms with van der Waals surface area (Å²) in [6, 6.07) is 0. The molecule has 2 rings (SSSR count). The van der Waals surface area contributed by atoms with Crippen LogP contribution in [0.1, 0.15) is 20.3 Å². The summed E-state index contributed by atoms with van der Waals surface area (Å²) < 4.78 is 14.8. The molecule has 0 saturated carbocycles. The Balaban J connectivity index is 0.000000219. The molecule has 8 atom stereocenters. The van der Waals surface area contributed by atoms with Gasteiger partial charge in [-0.25, -0.2) is 0 Å². The van der Waals surface area contributed by atoms with Crippen LogP contribution in [0.5, 0.6) is 0 Å². The number of ether oxygens (including phenoxy) is 3. The topological polar surface area (TPSA) is 129 Å². The largest absolute Gasteiger partial charge is 0.390 e. The van der Waals surface area contributed by atoms with Crippen LogP contribution in [-0.2, 0) is 14.2 Å². The maximum atomic E-state index is 9.27. The Morgan fingerprint density at radius 2 is 1.52 bits per heavy atom. The molecule has 126 valence electrons. The van der Waals surface area contributed by atoms with E-state index in [1.165, 1.54) is 7.11 Å². The molecule has 8 nitrogen and oxygen atoms in total. The summed E-state index contributed by atoms with van der Waals surface area (Å²) in [6.45, 7) is 3.75. The normalized spacial score (nSPS) is 47.4. The molecule has 0 amide bonds. The molecular weight excluding hydrogens is 284 g/mol. The van der Waals surface area contributed by atoms with Crippen molar-refractivity contribution in [1.29, 1.82) is 0 Å². The summed E-state index contributed by atoms with van der Waals surface area (Å²) >= 11 is 0. The van der Waals surface area contributed by atoms with Crippen molar-refractivity contribution in [2.75, 3.05) is 13.7 Å². The highest BCUT2D eigenvalue weighted by Gasteiger charge is 2.41. The minimum atomic E-state index is -1.21. The third-order valence-corrected chi connectivity index (χ3v) is 3.61. The van der Waals surface area contributed by atoms with Crippen LogP contribution in [0.25, 0.3) is 0 Å². The fourth-order valence-electron chi connectivity index (χ4n) is 2.15. The minimum Gasteiger partial charge on any atom is -0.390 e. The van der Waals surface area contributed by atoms with Crippen molar-refractivity contribution in [2.24, 2.45) is 0 Å². The molecule has 0 aromatic carbocycles. The number of hydrogen-bond donors (Lipinski definition) is 5. The summed E-state index contributed by atoms with van der Waals surface area (Å²) in [7, 11) is 1.37. The molecule has 6 unspecified atom stereocenters. The van der Waals surface area contributed by atoms with E-state index < -0.39 is 42.9 Å². The molecule has 5 N–H and O–H groups in total. The first-order chi connectivity index (χ1) is 9.77. The van der Waals surface area contributed by atoms with E-state index in [0.29, 0.717) is 6.42 Å². The van der Waals surface area contributed by atoms with Crippen LogP contribution >= 0.6 is 0 Å². The second kappa shape index (κ2) is 8.35. The van der Waals surface area contributed by atoms with Crippen molar-refractivity contribution in [1.82, 2.24) is 0 Å². The van der Waals surface area contributed by atoms with Crippen molar-refractivity contribution in [3.63, 3.8) is 0 Å². The molecule has 8 heteroatoms. The smallest absolute Gasteiger partial charge is 0.186 e. The molecule has 0 aromatic rings. The molecular formula is C13H26O8. The average molecular weight is 310 g/mol. The molecule has 0 aromatic heterocycles. The van der Waals surface area contributed by atoms with E-state index in [9.17, 15) is 15.3 Å². The van der Waals surface area contributed by atoms with E-state index in [4.69, 9.17) is 24.4 Å². The molecule has 0 spiro atoms. The monoisotopic (exact) mass is 310 g/mol. The Bertz CT molecular complexity index is 297. The lowest BCUT2D eigenvalue weighted by molar-refractivity contribution is -0.286. The summed E-state index contributed by atoms with van der Waals surface area (Å²) in [5, 5.41) is 45.7. The van der Waals surface area contributed by atoms with Gasteiger partial charge in [-0.2, -0.15) is 0 Å². The van der Waals surface area contributed by atoms with Crippen LogP contribution in [0.2, 0.25) is 0 Å². The summed E-state index contributed by atoms with van der Waals surface area (Å²) in [4.78, 5) is 0. The molecule has 0 bridgehead atoms. The Hall–Kier alpha value is -0.320. The number of aliphatic hydroxyl groups excluding tert-OH is 5. The van der Waals surface area contributed by atoms with Gasteiger partial charge in [-0.05, 0) is 13.8 Å². The van der Waals surface area contributed by atoms with Gasteiger partial charge in [0.1, 0.15) is 24.4 Å². The highest BCUT2D eigenvalue weighted by molar-refractivity contribution is 4.86. The Morgan fingerprint density at radius 3 is 2.00 bits per heavy atom. The SMILES string of the molecule is CC1CC(O)C(O)CO1.CO[C@H]1OC(C)[C@@H](O)C(O)C1O. The Morgan fingerprint density at radius 1 is 0.905 bits per heavy atom. The third-order valence-electron chi connectivity index (χ3n) is 3.61. The molecule has 2 aliphatic heterocycles. The van der Waals surface area contributed by atoms with Gasteiger partial charge in [0, 0.05) is 13.5 Å². The van der Waals surface area contributed by atoms with Crippen LogP contribution < -0.4 is 0 Å². The predicted molar refractivity (Wildman–Crippen MR) is 71.4 cm³/mol. The first-order valence-corrected chi connectivity index (χ1v) is 6.98. The first-order valence-electron chi connectivity index (χ1n) is 6.98. The van der Waals surface area contributed by atoms with Gasteiger partial charge in [-0.15, -0.1) is 0 Å². The number of aliphatic hydroxyl groups is 5. The van der Waals surface area contributed by atoms with E-state index in [1.807, 2.05) is 6.92 Å². The lowest BCUT2D eigenvalue weighted by Gasteiger charge is -2.38. The van der Waals surface area contributed by atoms with E-state index in [1.54, 1.807) is 6.92 Å². The maximum absolute atomic E-state index is 9.27. The second-order valence-electron chi connectivity index (χ2n) is 5.43. The van der Waals surface area contributed by atoms with Crippen molar-refractivity contribution in [3.05, 3.63) is 0 Å². The molecule has 21 heavy (non-hydrogen) atoms. The Kier molecular flexibility index (Phi) is 7.45. The molecule has 2 fully saturated rings. The number of methoxy groups -OCH3 is 1. The van der Waals surface area contributed by atoms with Gasteiger partial charge in [0.05, 0.1) is 24.9 Å². The van der Waals surface area contributed by atoms with E-state index in [0.717, 1.165) is 0 Å². The van der Waals surface area contributed by atoms with Gasteiger partial charge >= 0.3 is 0 Å². The molecule has 0 aliphatic carbocycles. The molecule has 2 saturated heterocycles. The zero-order valence-electron chi connectivity index (χ0n) is 12.5.